The van der Waals surface area contributed by atoms with Crippen LogP contribution in [0.25, 0.3) is 55.3 Å². The molecule has 194 valence electrons. The Morgan fingerprint density at radius 3 is 2.79 bits per heavy atom. The molecule has 0 saturated heterocycles. The molecule has 0 aliphatic carbocycles. The number of anilines is 1. The fraction of sp³-hybridized carbons (Fsp3) is 0.148. The molecule has 0 aliphatic rings. The molecule has 1 amide bonds. The summed E-state index contributed by atoms with van der Waals surface area (Å²) >= 11 is 1.34. The van der Waals surface area contributed by atoms with Crippen LogP contribution in [0.5, 0.6) is 0 Å². The summed E-state index contributed by atoms with van der Waals surface area (Å²) in [5.74, 6) is -0.346. The number of fused-ring (bicyclic) bond motifs is 2. The number of amides is 1. The molecule has 0 atom stereocenters. The van der Waals surface area contributed by atoms with Gasteiger partial charge in [0.15, 0.2) is 17.3 Å². The lowest BCUT2D eigenvalue weighted by Gasteiger charge is -2.08. The average molecular weight is 541 g/mol. The van der Waals surface area contributed by atoms with Gasteiger partial charge in [-0.15, -0.1) is 11.3 Å². The molecule has 0 saturated carbocycles. The smallest absolute Gasteiger partial charge is 0.224 e. The van der Waals surface area contributed by atoms with Gasteiger partial charge in [-0.2, -0.15) is 5.10 Å². The molecule has 6 aromatic heterocycles. The van der Waals surface area contributed by atoms with E-state index in [4.69, 9.17) is 4.98 Å². The number of nitrogens with one attached hydrogen (secondary N) is 3. The van der Waals surface area contributed by atoms with Gasteiger partial charge in [-0.25, -0.2) is 14.4 Å². The summed E-state index contributed by atoms with van der Waals surface area (Å²) in [6.45, 7) is 3.43. The van der Waals surface area contributed by atoms with Crippen LogP contribution in [-0.4, -0.2) is 46.8 Å². The summed E-state index contributed by atoms with van der Waals surface area (Å²) in [6.07, 6.45) is 7.15. The van der Waals surface area contributed by atoms with E-state index in [0.29, 0.717) is 57.2 Å². The zero-order valence-electron chi connectivity index (χ0n) is 20.9. The zero-order chi connectivity index (χ0) is 27.1. The number of H-pyrrole nitrogens is 2. The van der Waals surface area contributed by atoms with Crippen molar-refractivity contribution < 1.29 is 14.0 Å². The molecule has 0 unspecified atom stereocenters. The van der Waals surface area contributed by atoms with Gasteiger partial charge in [0.25, 0.3) is 0 Å². The van der Waals surface area contributed by atoms with E-state index in [1.165, 1.54) is 36.9 Å². The summed E-state index contributed by atoms with van der Waals surface area (Å²) < 4.78 is 16.0. The standard InChI is InChI=1S/C27H21FN8O2S/c1-3-4-20(38)32-15-9-14(10-29-11-15)16-12-31-26-21(22(16)28)25(35-36-26)27-33-17-7-8-30-24(23(17)34-27)19-6-5-18(39-19)13(2)37/h5-12H,3-4H2,1-2H3,(H,32,38)(H,33,34)(H,31,35,36). The first-order chi connectivity index (χ1) is 18.9. The quantitative estimate of drug-likeness (QED) is 0.218. The molecule has 0 bridgehead atoms. The maximum atomic E-state index is 16.0. The second-order valence-corrected chi connectivity index (χ2v) is 9.99. The number of aromatic nitrogens is 7. The number of hydrogen-bond acceptors (Lipinski definition) is 8. The molecule has 0 aliphatic heterocycles. The number of ketones is 1. The number of imidazole rings is 1. The molecular formula is C27H21FN8O2S. The van der Waals surface area contributed by atoms with E-state index in [1.807, 2.05) is 13.0 Å². The van der Waals surface area contributed by atoms with E-state index in [0.717, 1.165) is 4.88 Å². The van der Waals surface area contributed by atoms with Crippen LogP contribution in [0, 0.1) is 5.82 Å². The van der Waals surface area contributed by atoms with Crippen molar-refractivity contribution >= 4 is 50.8 Å². The number of pyridine rings is 3. The molecule has 6 rings (SSSR count). The minimum atomic E-state index is -0.550. The number of aromatic amines is 2. The molecule has 0 fully saturated rings. The van der Waals surface area contributed by atoms with Gasteiger partial charge in [-0.3, -0.25) is 24.7 Å². The molecule has 6 aromatic rings. The fourth-order valence-electron chi connectivity index (χ4n) is 4.32. The van der Waals surface area contributed by atoms with Crippen molar-refractivity contribution in [2.45, 2.75) is 26.7 Å². The van der Waals surface area contributed by atoms with Crippen LogP contribution in [0.1, 0.15) is 36.4 Å². The van der Waals surface area contributed by atoms with Crippen LogP contribution in [0.4, 0.5) is 10.1 Å². The summed E-state index contributed by atoms with van der Waals surface area (Å²) in [4.78, 5) is 46.2. The van der Waals surface area contributed by atoms with E-state index >= 15 is 4.39 Å². The highest BCUT2D eigenvalue weighted by molar-refractivity contribution is 7.17. The van der Waals surface area contributed by atoms with Gasteiger partial charge in [-0.1, -0.05) is 6.92 Å². The predicted molar refractivity (Wildman–Crippen MR) is 147 cm³/mol. The number of halogens is 1. The molecule has 39 heavy (non-hydrogen) atoms. The Labute approximate surface area is 224 Å². The highest BCUT2D eigenvalue weighted by Crippen LogP contribution is 2.35. The van der Waals surface area contributed by atoms with Crippen molar-refractivity contribution in [1.82, 2.24) is 35.1 Å². The third kappa shape index (κ3) is 4.44. The second-order valence-electron chi connectivity index (χ2n) is 8.90. The molecule has 0 radical (unpaired) electrons. The lowest BCUT2D eigenvalue weighted by molar-refractivity contribution is -0.116. The van der Waals surface area contributed by atoms with Crippen LogP contribution >= 0.6 is 11.3 Å². The normalized spacial score (nSPS) is 11.4. The Bertz CT molecular complexity index is 1890. The van der Waals surface area contributed by atoms with Crippen molar-refractivity contribution in [2.75, 3.05) is 5.32 Å². The Kier molecular flexibility index (Phi) is 6.15. The maximum absolute atomic E-state index is 16.0. The molecule has 10 nitrogen and oxygen atoms in total. The first-order valence-corrected chi connectivity index (χ1v) is 13.0. The molecule has 0 aromatic carbocycles. The van der Waals surface area contributed by atoms with Gasteiger partial charge in [-0.05, 0) is 37.6 Å². The van der Waals surface area contributed by atoms with E-state index in [1.54, 1.807) is 24.4 Å². The van der Waals surface area contributed by atoms with E-state index in [2.05, 4.69) is 35.5 Å². The van der Waals surface area contributed by atoms with Crippen molar-refractivity contribution in [1.29, 1.82) is 0 Å². The third-order valence-corrected chi connectivity index (χ3v) is 7.35. The number of nitrogens with zero attached hydrogens (tertiary/aromatic N) is 5. The fourth-order valence-corrected chi connectivity index (χ4v) is 5.22. The Morgan fingerprint density at radius 1 is 1.13 bits per heavy atom. The lowest BCUT2D eigenvalue weighted by atomic mass is 10.1. The minimum Gasteiger partial charge on any atom is -0.337 e. The maximum Gasteiger partial charge on any atom is 0.224 e. The van der Waals surface area contributed by atoms with Gasteiger partial charge in [0.2, 0.25) is 5.91 Å². The summed E-state index contributed by atoms with van der Waals surface area (Å²) in [5, 5.41) is 9.99. The van der Waals surface area contributed by atoms with E-state index in [9.17, 15) is 9.59 Å². The molecule has 0 spiro atoms. The van der Waals surface area contributed by atoms with Crippen molar-refractivity contribution in [3.05, 3.63) is 59.7 Å². The largest absolute Gasteiger partial charge is 0.337 e. The molecule has 12 heteroatoms. The van der Waals surface area contributed by atoms with Gasteiger partial charge in [0.1, 0.15) is 22.7 Å². The second kappa shape index (κ2) is 9.80. The van der Waals surface area contributed by atoms with E-state index < -0.39 is 5.82 Å². The zero-order valence-corrected chi connectivity index (χ0v) is 21.7. The molecule has 3 N–H and O–H groups in total. The topological polar surface area (TPSA) is 142 Å². The minimum absolute atomic E-state index is 0.0204. The Balaban J connectivity index is 1.43. The SMILES string of the molecule is CCCC(=O)Nc1cncc(-c2cnc3n[nH]c(-c4nc5c(-c6ccc(C(C)=O)s6)nccc5[nH]4)c3c2F)c1. The first kappa shape index (κ1) is 24.5. The number of carbonyl (C=O) groups excluding carboxylic acids is 2. The monoisotopic (exact) mass is 540 g/mol. The van der Waals surface area contributed by atoms with Crippen molar-refractivity contribution in [2.24, 2.45) is 0 Å². The van der Waals surface area contributed by atoms with Crippen LogP contribution in [-0.2, 0) is 4.79 Å². The highest BCUT2D eigenvalue weighted by atomic mass is 32.1. The van der Waals surface area contributed by atoms with Crippen molar-refractivity contribution in [3.63, 3.8) is 0 Å². The number of carbonyl (C=O) groups is 2. The average Bonchev–Trinajstić information content (AvgIpc) is 3.67. The van der Waals surface area contributed by atoms with Gasteiger partial charge in [0, 0.05) is 36.1 Å². The number of hydrogen-bond donors (Lipinski definition) is 3. The predicted octanol–water partition coefficient (Wildman–Crippen LogP) is 5.77. The summed E-state index contributed by atoms with van der Waals surface area (Å²) in [7, 11) is 0. The third-order valence-electron chi connectivity index (χ3n) is 6.15. The molecule has 6 heterocycles. The van der Waals surface area contributed by atoms with Gasteiger partial charge >= 0.3 is 0 Å². The summed E-state index contributed by atoms with van der Waals surface area (Å²) in [6, 6.07) is 7.03. The molecular weight excluding hydrogens is 519 g/mol. The van der Waals surface area contributed by atoms with E-state index in [-0.39, 0.29) is 28.3 Å². The Morgan fingerprint density at radius 2 is 2.00 bits per heavy atom. The van der Waals surface area contributed by atoms with Gasteiger partial charge < -0.3 is 10.3 Å². The summed E-state index contributed by atoms with van der Waals surface area (Å²) in [5.41, 5.74) is 3.54. The van der Waals surface area contributed by atoms with Crippen LogP contribution in [0.2, 0.25) is 0 Å². The Hall–Kier alpha value is -4.84. The number of Topliss-reactive ketones (excluding diaryl/α,β-unsaturated/α-hetero) is 1. The highest BCUT2D eigenvalue weighted by Gasteiger charge is 2.22. The number of rotatable bonds is 7. The first-order valence-electron chi connectivity index (χ1n) is 12.2. The van der Waals surface area contributed by atoms with Crippen LogP contribution < -0.4 is 5.32 Å². The van der Waals surface area contributed by atoms with Crippen molar-refractivity contribution in [3.8, 4) is 33.2 Å². The number of thiophene rings is 1. The van der Waals surface area contributed by atoms with Crippen LogP contribution in [0.3, 0.4) is 0 Å². The van der Waals surface area contributed by atoms with Gasteiger partial charge in [0.05, 0.1) is 32.5 Å². The van der Waals surface area contributed by atoms with Crippen LogP contribution in [0.15, 0.2) is 49.1 Å². The lowest BCUT2D eigenvalue weighted by Crippen LogP contribution is -2.10.